The van der Waals surface area contributed by atoms with Crippen LogP contribution in [-0.4, -0.2) is 15.0 Å². The molecule has 7 aromatic carbocycles. The number of furan rings is 2. The summed E-state index contributed by atoms with van der Waals surface area (Å²) in [4.78, 5) is 15.5. The quantitative estimate of drug-likeness (QED) is 0.205. The number of rotatable bonds is 3. The maximum absolute atomic E-state index is 6.30. The zero-order valence-corrected chi connectivity index (χ0v) is 24.4. The maximum atomic E-state index is 6.30. The summed E-state index contributed by atoms with van der Waals surface area (Å²) >= 11 is 0. The highest BCUT2D eigenvalue weighted by atomic mass is 16.3. The number of aromatic nitrogens is 3. The minimum absolute atomic E-state index is 0.589. The summed E-state index contributed by atoms with van der Waals surface area (Å²) in [6, 6.07) is 47.5. The number of hydrogen-bond donors (Lipinski definition) is 0. The van der Waals surface area contributed by atoms with E-state index in [1.807, 2.05) is 54.6 Å². The van der Waals surface area contributed by atoms with Gasteiger partial charge in [-0.1, -0.05) is 109 Å². The van der Waals surface area contributed by atoms with E-state index in [9.17, 15) is 0 Å². The lowest BCUT2D eigenvalue weighted by molar-refractivity contribution is 0.668. The standard InChI is InChI=1S/C41H23N3O2/c1-2-10-26-23-27(20-19-24(26)9-1)39-42-40(44-41(43-39)31-15-8-18-34-37(31)28-12-3-5-16-32(28)45-34)30-14-7-11-25-21-22-35-38(36(25)30)29-13-4-6-17-33(29)46-35/h1-23H. The van der Waals surface area contributed by atoms with Crippen molar-refractivity contribution in [3.63, 3.8) is 0 Å². The van der Waals surface area contributed by atoms with Gasteiger partial charge in [-0.05, 0) is 46.5 Å². The molecular formula is C41H23N3O2. The van der Waals surface area contributed by atoms with Crippen LogP contribution in [0.3, 0.4) is 0 Å². The first-order valence-electron chi connectivity index (χ1n) is 15.3. The van der Waals surface area contributed by atoms with Gasteiger partial charge in [0.15, 0.2) is 17.5 Å². The normalized spacial score (nSPS) is 11.9. The van der Waals surface area contributed by atoms with Gasteiger partial charge in [-0.25, -0.2) is 15.0 Å². The molecule has 0 radical (unpaired) electrons. The van der Waals surface area contributed by atoms with Gasteiger partial charge < -0.3 is 8.83 Å². The molecule has 0 saturated carbocycles. The summed E-state index contributed by atoms with van der Waals surface area (Å²) in [5.41, 5.74) is 6.05. The van der Waals surface area contributed by atoms with E-state index in [0.717, 1.165) is 76.7 Å². The van der Waals surface area contributed by atoms with Gasteiger partial charge in [0.05, 0.1) is 0 Å². The molecule has 0 saturated heterocycles. The molecule has 0 aliphatic rings. The lowest BCUT2D eigenvalue weighted by atomic mass is 9.98. The first-order chi connectivity index (χ1) is 22.8. The van der Waals surface area contributed by atoms with Crippen molar-refractivity contribution in [3.8, 4) is 34.2 Å². The Bertz CT molecular complexity index is 2830. The number of fused-ring (bicyclic) bond motifs is 9. The Morgan fingerprint density at radius 1 is 0.348 bits per heavy atom. The summed E-state index contributed by atoms with van der Waals surface area (Å²) in [6.07, 6.45) is 0. The average Bonchev–Trinajstić information content (AvgIpc) is 3.69. The van der Waals surface area contributed by atoms with E-state index < -0.39 is 0 Å². The summed E-state index contributed by atoms with van der Waals surface area (Å²) in [6.45, 7) is 0. The van der Waals surface area contributed by atoms with Crippen molar-refractivity contribution >= 4 is 65.4 Å². The summed E-state index contributed by atoms with van der Waals surface area (Å²) < 4.78 is 12.5. The van der Waals surface area contributed by atoms with Crippen LogP contribution in [0.5, 0.6) is 0 Å². The van der Waals surface area contributed by atoms with E-state index in [-0.39, 0.29) is 0 Å². The third-order valence-electron chi connectivity index (χ3n) is 8.91. The molecule has 0 unspecified atom stereocenters. The highest BCUT2D eigenvalue weighted by molar-refractivity contribution is 6.22. The van der Waals surface area contributed by atoms with Gasteiger partial charge in [0.2, 0.25) is 0 Å². The lowest BCUT2D eigenvalue weighted by Gasteiger charge is -2.12. The lowest BCUT2D eigenvalue weighted by Crippen LogP contribution is -2.01. The van der Waals surface area contributed by atoms with Crippen LogP contribution in [0.15, 0.2) is 148 Å². The van der Waals surface area contributed by atoms with Crippen molar-refractivity contribution in [3.05, 3.63) is 140 Å². The SMILES string of the molecule is c1ccc2cc(-c3nc(-c4cccc5oc6ccccc6c45)nc(-c4cccc5ccc6oc7ccccc7c6c45)n3)ccc2c1. The highest BCUT2D eigenvalue weighted by Crippen LogP contribution is 2.41. The van der Waals surface area contributed by atoms with Crippen molar-refractivity contribution in [1.82, 2.24) is 15.0 Å². The molecule has 0 N–H and O–H groups in total. The summed E-state index contributed by atoms with van der Waals surface area (Å²) in [5, 5.41) is 8.57. The fraction of sp³-hybridized carbons (Fsp3) is 0. The van der Waals surface area contributed by atoms with Crippen LogP contribution in [0.4, 0.5) is 0 Å². The van der Waals surface area contributed by atoms with Crippen molar-refractivity contribution < 1.29 is 8.83 Å². The smallest absolute Gasteiger partial charge is 0.164 e. The molecule has 0 spiro atoms. The second kappa shape index (κ2) is 9.58. The molecule has 0 amide bonds. The van der Waals surface area contributed by atoms with Crippen molar-refractivity contribution in [1.29, 1.82) is 0 Å². The Morgan fingerprint density at radius 3 is 1.67 bits per heavy atom. The molecule has 46 heavy (non-hydrogen) atoms. The first kappa shape index (κ1) is 25.0. The molecule has 0 aliphatic heterocycles. The van der Waals surface area contributed by atoms with Crippen LogP contribution in [0.1, 0.15) is 0 Å². The molecule has 5 nitrogen and oxygen atoms in total. The fourth-order valence-electron chi connectivity index (χ4n) is 6.81. The third kappa shape index (κ3) is 3.72. The Balaban J connectivity index is 1.31. The molecule has 0 fully saturated rings. The number of benzene rings is 7. The van der Waals surface area contributed by atoms with Gasteiger partial charge in [0, 0.05) is 43.6 Å². The third-order valence-corrected chi connectivity index (χ3v) is 8.91. The maximum Gasteiger partial charge on any atom is 0.164 e. The van der Waals surface area contributed by atoms with Gasteiger partial charge in [0.25, 0.3) is 0 Å². The topological polar surface area (TPSA) is 65.0 Å². The van der Waals surface area contributed by atoms with Gasteiger partial charge in [-0.15, -0.1) is 0 Å². The molecule has 5 heteroatoms. The van der Waals surface area contributed by atoms with Crippen LogP contribution in [0, 0.1) is 0 Å². The highest BCUT2D eigenvalue weighted by Gasteiger charge is 2.20. The first-order valence-corrected chi connectivity index (χ1v) is 15.3. The zero-order valence-electron chi connectivity index (χ0n) is 24.4. The second-order valence-corrected chi connectivity index (χ2v) is 11.6. The Kier molecular flexibility index (Phi) is 5.22. The van der Waals surface area contributed by atoms with Crippen molar-refractivity contribution in [2.45, 2.75) is 0 Å². The molecule has 0 aliphatic carbocycles. The van der Waals surface area contributed by atoms with Crippen LogP contribution < -0.4 is 0 Å². The Labute approximate surface area is 262 Å². The fourth-order valence-corrected chi connectivity index (χ4v) is 6.81. The molecule has 10 rings (SSSR count). The molecule has 0 atom stereocenters. The molecule has 10 aromatic rings. The Hall–Kier alpha value is -6.33. The van der Waals surface area contributed by atoms with Crippen LogP contribution >= 0.6 is 0 Å². The summed E-state index contributed by atoms with van der Waals surface area (Å²) in [5.74, 6) is 1.80. The largest absolute Gasteiger partial charge is 0.456 e. The van der Waals surface area contributed by atoms with E-state index in [1.165, 1.54) is 5.39 Å². The Morgan fingerprint density at radius 2 is 0.891 bits per heavy atom. The van der Waals surface area contributed by atoms with E-state index >= 15 is 0 Å². The summed E-state index contributed by atoms with van der Waals surface area (Å²) in [7, 11) is 0. The van der Waals surface area contributed by atoms with Crippen LogP contribution in [0.2, 0.25) is 0 Å². The van der Waals surface area contributed by atoms with Crippen LogP contribution in [0.25, 0.3) is 99.6 Å². The molecule has 0 bridgehead atoms. The number of hydrogen-bond acceptors (Lipinski definition) is 5. The van der Waals surface area contributed by atoms with Gasteiger partial charge in [-0.2, -0.15) is 0 Å². The van der Waals surface area contributed by atoms with E-state index in [0.29, 0.717) is 17.5 Å². The minimum atomic E-state index is 0.589. The molecule has 214 valence electrons. The molecular weight excluding hydrogens is 566 g/mol. The monoisotopic (exact) mass is 589 g/mol. The van der Waals surface area contributed by atoms with Crippen molar-refractivity contribution in [2.75, 3.05) is 0 Å². The zero-order chi connectivity index (χ0) is 30.2. The van der Waals surface area contributed by atoms with E-state index in [2.05, 4.69) is 84.9 Å². The molecule has 3 aromatic heterocycles. The van der Waals surface area contributed by atoms with Gasteiger partial charge in [0.1, 0.15) is 22.3 Å². The average molecular weight is 590 g/mol. The van der Waals surface area contributed by atoms with E-state index in [4.69, 9.17) is 23.8 Å². The van der Waals surface area contributed by atoms with Crippen molar-refractivity contribution in [2.24, 2.45) is 0 Å². The minimum Gasteiger partial charge on any atom is -0.456 e. The van der Waals surface area contributed by atoms with E-state index in [1.54, 1.807) is 0 Å². The predicted octanol–water partition coefficient (Wildman–Crippen LogP) is 11.0. The predicted molar refractivity (Wildman–Crippen MR) is 186 cm³/mol. The van der Waals surface area contributed by atoms with Gasteiger partial charge in [-0.3, -0.25) is 0 Å². The second-order valence-electron chi connectivity index (χ2n) is 11.6. The number of nitrogens with zero attached hydrogens (tertiary/aromatic N) is 3. The van der Waals surface area contributed by atoms with Crippen LogP contribution in [-0.2, 0) is 0 Å². The number of para-hydroxylation sites is 2. The van der Waals surface area contributed by atoms with Gasteiger partial charge >= 0.3 is 0 Å². The molecule has 3 heterocycles.